The Morgan fingerprint density at radius 1 is 1.11 bits per heavy atom. The van der Waals surface area contributed by atoms with Crippen molar-refractivity contribution >= 4 is 23.2 Å². The van der Waals surface area contributed by atoms with E-state index in [1.165, 1.54) is 0 Å². The molecular weight excluding hydrogens is 378 g/mol. The summed E-state index contributed by atoms with van der Waals surface area (Å²) in [7, 11) is 0. The van der Waals surface area contributed by atoms with Crippen molar-refractivity contribution in [2.75, 3.05) is 44.4 Å². The standard InChI is InChI=1S/C21H24ClN3O3/c1-15(16-5-6-19-20(11-16)28-14-27-19)23-21(26)13-24-7-9-25(10-8-24)18-4-2-3-17(22)12-18/h2-6,11-12,15H,7-10,13-14H2,1H3,(H,23,26)/t15-/m1/s1. The Morgan fingerprint density at radius 3 is 2.68 bits per heavy atom. The number of ether oxygens (including phenoxy) is 2. The van der Waals surface area contributed by atoms with Gasteiger partial charge in [0.1, 0.15) is 0 Å². The molecule has 1 fully saturated rings. The first kappa shape index (κ1) is 18.9. The van der Waals surface area contributed by atoms with Crippen LogP contribution in [0.3, 0.4) is 0 Å². The van der Waals surface area contributed by atoms with Crippen LogP contribution in [-0.2, 0) is 4.79 Å². The molecule has 0 spiro atoms. The predicted octanol–water partition coefficient (Wildman–Crippen LogP) is 3.07. The third kappa shape index (κ3) is 4.34. The molecule has 0 aliphatic carbocycles. The van der Waals surface area contributed by atoms with E-state index >= 15 is 0 Å². The number of benzene rings is 2. The summed E-state index contributed by atoms with van der Waals surface area (Å²) in [6.07, 6.45) is 0. The topological polar surface area (TPSA) is 54.0 Å². The number of halogens is 1. The van der Waals surface area contributed by atoms with Gasteiger partial charge in [0.05, 0.1) is 12.6 Å². The number of carbonyl (C=O) groups is 1. The summed E-state index contributed by atoms with van der Waals surface area (Å²) < 4.78 is 10.7. The lowest BCUT2D eigenvalue weighted by molar-refractivity contribution is -0.123. The fraction of sp³-hybridized carbons (Fsp3) is 0.381. The van der Waals surface area contributed by atoms with Crippen molar-refractivity contribution in [1.82, 2.24) is 10.2 Å². The van der Waals surface area contributed by atoms with Crippen LogP contribution < -0.4 is 19.7 Å². The van der Waals surface area contributed by atoms with Crippen LogP contribution in [0.15, 0.2) is 42.5 Å². The highest BCUT2D eigenvalue weighted by molar-refractivity contribution is 6.30. The third-order valence-electron chi connectivity index (χ3n) is 5.19. The number of anilines is 1. The zero-order valence-electron chi connectivity index (χ0n) is 15.9. The van der Waals surface area contributed by atoms with Crippen molar-refractivity contribution in [2.45, 2.75) is 13.0 Å². The number of rotatable bonds is 5. The molecule has 2 aliphatic rings. The van der Waals surface area contributed by atoms with Crippen LogP contribution in [0.5, 0.6) is 11.5 Å². The molecule has 1 amide bonds. The van der Waals surface area contributed by atoms with E-state index in [2.05, 4.69) is 21.2 Å². The minimum absolute atomic E-state index is 0.0290. The van der Waals surface area contributed by atoms with Crippen LogP contribution >= 0.6 is 11.6 Å². The summed E-state index contributed by atoms with van der Waals surface area (Å²) in [5, 5.41) is 3.82. The quantitative estimate of drug-likeness (QED) is 0.834. The van der Waals surface area contributed by atoms with Gasteiger partial charge in [-0.1, -0.05) is 23.7 Å². The third-order valence-corrected chi connectivity index (χ3v) is 5.42. The molecule has 0 saturated carbocycles. The van der Waals surface area contributed by atoms with E-state index in [9.17, 15) is 4.79 Å². The average Bonchev–Trinajstić information content (AvgIpc) is 3.16. The molecule has 1 saturated heterocycles. The molecule has 7 heteroatoms. The molecule has 0 bridgehead atoms. The normalized spacial score (nSPS) is 17.4. The van der Waals surface area contributed by atoms with Gasteiger partial charge in [0.25, 0.3) is 0 Å². The van der Waals surface area contributed by atoms with Crippen LogP contribution in [0.4, 0.5) is 5.69 Å². The Morgan fingerprint density at radius 2 is 1.89 bits per heavy atom. The number of carbonyl (C=O) groups excluding carboxylic acids is 1. The summed E-state index contributed by atoms with van der Waals surface area (Å²) in [5.74, 6) is 1.51. The number of hydrogen-bond acceptors (Lipinski definition) is 5. The molecule has 0 aromatic heterocycles. The minimum Gasteiger partial charge on any atom is -0.454 e. The fourth-order valence-electron chi connectivity index (χ4n) is 3.59. The minimum atomic E-state index is -0.0882. The van der Waals surface area contributed by atoms with Crippen LogP contribution in [0.2, 0.25) is 5.02 Å². The van der Waals surface area contributed by atoms with Gasteiger partial charge in [-0.25, -0.2) is 0 Å². The van der Waals surface area contributed by atoms with E-state index in [0.29, 0.717) is 6.54 Å². The highest BCUT2D eigenvalue weighted by atomic mass is 35.5. The van der Waals surface area contributed by atoms with Gasteiger partial charge in [-0.3, -0.25) is 9.69 Å². The Kier molecular flexibility index (Phi) is 5.59. The van der Waals surface area contributed by atoms with Crippen molar-refractivity contribution in [3.05, 3.63) is 53.1 Å². The van der Waals surface area contributed by atoms with Crippen LogP contribution in [0.25, 0.3) is 0 Å². The van der Waals surface area contributed by atoms with Crippen LogP contribution in [0.1, 0.15) is 18.5 Å². The van der Waals surface area contributed by atoms with Crippen LogP contribution in [-0.4, -0.2) is 50.3 Å². The van der Waals surface area contributed by atoms with Gasteiger partial charge in [0.15, 0.2) is 11.5 Å². The summed E-state index contributed by atoms with van der Waals surface area (Å²) in [6.45, 7) is 6.08. The molecule has 0 radical (unpaired) electrons. The van der Waals surface area contributed by atoms with E-state index in [1.54, 1.807) is 0 Å². The lowest BCUT2D eigenvalue weighted by Gasteiger charge is -2.36. The lowest BCUT2D eigenvalue weighted by atomic mass is 10.1. The Labute approximate surface area is 170 Å². The van der Waals surface area contributed by atoms with Crippen molar-refractivity contribution in [2.24, 2.45) is 0 Å². The molecule has 2 heterocycles. The first-order valence-electron chi connectivity index (χ1n) is 9.50. The van der Waals surface area contributed by atoms with Gasteiger partial charge in [-0.05, 0) is 42.8 Å². The number of nitrogens with one attached hydrogen (secondary N) is 1. The van der Waals surface area contributed by atoms with E-state index in [1.807, 2.05) is 43.3 Å². The number of piperazine rings is 1. The fourth-order valence-corrected chi connectivity index (χ4v) is 3.78. The van der Waals surface area contributed by atoms with Crippen molar-refractivity contribution < 1.29 is 14.3 Å². The second-order valence-electron chi connectivity index (χ2n) is 7.14. The summed E-state index contributed by atoms with van der Waals surface area (Å²) in [5.41, 5.74) is 2.14. The molecule has 28 heavy (non-hydrogen) atoms. The van der Waals surface area contributed by atoms with Gasteiger partial charge in [0, 0.05) is 36.9 Å². The monoisotopic (exact) mass is 401 g/mol. The van der Waals surface area contributed by atoms with Gasteiger partial charge < -0.3 is 19.7 Å². The lowest BCUT2D eigenvalue weighted by Crippen LogP contribution is -2.49. The number of nitrogens with zero attached hydrogens (tertiary/aromatic N) is 2. The number of hydrogen-bond donors (Lipinski definition) is 1. The van der Waals surface area contributed by atoms with Gasteiger partial charge >= 0.3 is 0 Å². The average molecular weight is 402 g/mol. The van der Waals surface area contributed by atoms with Gasteiger partial charge in [-0.15, -0.1) is 0 Å². The largest absolute Gasteiger partial charge is 0.454 e. The van der Waals surface area contributed by atoms with E-state index in [0.717, 1.165) is 54.0 Å². The molecule has 2 aliphatic heterocycles. The molecular formula is C21H24ClN3O3. The smallest absolute Gasteiger partial charge is 0.234 e. The first-order valence-corrected chi connectivity index (χ1v) is 9.88. The van der Waals surface area contributed by atoms with E-state index < -0.39 is 0 Å². The van der Waals surface area contributed by atoms with E-state index in [4.69, 9.17) is 21.1 Å². The predicted molar refractivity (Wildman–Crippen MR) is 109 cm³/mol. The van der Waals surface area contributed by atoms with Gasteiger partial charge in [0.2, 0.25) is 12.7 Å². The maximum absolute atomic E-state index is 12.5. The SMILES string of the molecule is C[C@@H](NC(=O)CN1CCN(c2cccc(Cl)c2)CC1)c1ccc2c(c1)OCO2. The zero-order chi connectivity index (χ0) is 19.5. The van der Waals surface area contributed by atoms with Crippen molar-refractivity contribution in [1.29, 1.82) is 0 Å². The Hall–Kier alpha value is -2.44. The molecule has 6 nitrogen and oxygen atoms in total. The second kappa shape index (κ2) is 8.29. The summed E-state index contributed by atoms with van der Waals surface area (Å²) in [4.78, 5) is 17.0. The molecule has 0 unspecified atom stereocenters. The maximum atomic E-state index is 12.5. The zero-order valence-corrected chi connectivity index (χ0v) is 16.6. The molecule has 2 aromatic carbocycles. The summed E-state index contributed by atoms with van der Waals surface area (Å²) in [6, 6.07) is 13.6. The van der Waals surface area contributed by atoms with Crippen LogP contribution in [0, 0.1) is 0 Å². The molecule has 4 rings (SSSR count). The number of fused-ring (bicyclic) bond motifs is 1. The van der Waals surface area contributed by atoms with Crippen molar-refractivity contribution in [3.8, 4) is 11.5 Å². The maximum Gasteiger partial charge on any atom is 0.234 e. The highest BCUT2D eigenvalue weighted by Crippen LogP contribution is 2.34. The Bertz CT molecular complexity index is 853. The molecule has 2 aromatic rings. The molecule has 1 atom stereocenters. The summed E-state index contributed by atoms with van der Waals surface area (Å²) >= 11 is 6.09. The van der Waals surface area contributed by atoms with Gasteiger partial charge in [-0.2, -0.15) is 0 Å². The Balaban J connectivity index is 1.26. The second-order valence-corrected chi connectivity index (χ2v) is 7.58. The highest BCUT2D eigenvalue weighted by Gasteiger charge is 2.21. The molecule has 1 N–H and O–H groups in total. The van der Waals surface area contributed by atoms with E-state index in [-0.39, 0.29) is 18.7 Å². The number of amides is 1. The van der Waals surface area contributed by atoms with Crippen molar-refractivity contribution in [3.63, 3.8) is 0 Å². The molecule has 148 valence electrons. The first-order chi connectivity index (χ1) is 13.6.